The predicted molar refractivity (Wildman–Crippen MR) is 98.6 cm³/mol. The zero-order valence-corrected chi connectivity index (χ0v) is 15.5. The van der Waals surface area contributed by atoms with Crippen LogP contribution in [0.15, 0.2) is 18.2 Å². The molecule has 1 aromatic rings. The van der Waals surface area contributed by atoms with Crippen molar-refractivity contribution in [2.75, 3.05) is 13.2 Å². The van der Waals surface area contributed by atoms with Gasteiger partial charge in [0.25, 0.3) is 17.7 Å². The summed E-state index contributed by atoms with van der Waals surface area (Å²) < 4.78 is 5.13. The Kier molecular flexibility index (Phi) is 4.66. The topological polar surface area (TPSA) is 119 Å². The molecule has 0 spiro atoms. The lowest BCUT2D eigenvalue weighted by atomic mass is 9.92. The number of fused-ring (bicyclic) bond motifs is 1. The monoisotopic (exact) mass is 385 g/mol. The van der Waals surface area contributed by atoms with Crippen LogP contribution in [0.1, 0.15) is 69.6 Å². The molecule has 0 radical (unpaired) electrons. The quantitative estimate of drug-likeness (QED) is 0.733. The van der Waals surface area contributed by atoms with Crippen molar-refractivity contribution in [3.8, 4) is 0 Å². The number of nitrogens with one attached hydrogen (secondary N) is 1. The van der Waals surface area contributed by atoms with Crippen molar-refractivity contribution in [1.82, 2.24) is 10.2 Å². The van der Waals surface area contributed by atoms with Gasteiger partial charge in [0.05, 0.1) is 36.3 Å². The molecule has 1 aromatic carbocycles. The number of hydrogen-bond acceptors (Lipinski definition) is 5. The van der Waals surface area contributed by atoms with Crippen LogP contribution in [0, 0.1) is 0 Å². The number of benzene rings is 1. The first-order chi connectivity index (χ1) is 13.4. The third-order valence-corrected chi connectivity index (χ3v) is 5.77. The van der Waals surface area contributed by atoms with Gasteiger partial charge in [-0.1, -0.05) is 19.3 Å². The Balaban J connectivity index is 1.54. The molecule has 0 atom stereocenters. The van der Waals surface area contributed by atoms with Crippen LogP contribution in [0.2, 0.25) is 0 Å². The standard InChI is InChI=1S/C20H23N3O5/c21-16(24)9-20(10-28-11-20)22-17(25)12-6-7-14-15(8-12)19(27)23(18(14)26)13-4-2-1-3-5-13/h6-8,13H,1-5,9-11H2,(H2,21,24)(H,22,25). The smallest absolute Gasteiger partial charge is 0.261 e. The van der Waals surface area contributed by atoms with Crippen LogP contribution in [-0.4, -0.2) is 53.3 Å². The highest BCUT2D eigenvalue weighted by Crippen LogP contribution is 2.31. The number of carbonyl (C=O) groups is 4. The highest BCUT2D eigenvalue weighted by atomic mass is 16.5. The van der Waals surface area contributed by atoms with Gasteiger partial charge in [-0.3, -0.25) is 24.1 Å². The third-order valence-electron chi connectivity index (χ3n) is 5.77. The fourth-order valence-corrected chi connectivity index (χ4v) is 4.28. The van der Waals surface area contributed by atoms with Gasteiger partial charge in [0.15, 0.2) is 0 Å². The fraction of sp³-hybridized carbons (Fsp3) is 0.500. The zero-order valence-electron chi connectivity index (χ0n) is 15.5. The summed E-state index contributed by atoms with van der Waals surface area (Å²) in [6, 6.07) is 4.46. The fourth-order valence-electron chi connectivity index (χ4n) is 4.28. The van der Waals surface area contributed by atoms with E-state index in [9.17, 15) is 19.2 Å². The lowest BCUT2D eigenvalue weighted by Gasteiger charge is -2.41. The van der Waals surface area contributed by atoms with Gasteiger partial charge >= 0.3 is 0 Å². The minimum Gasteiger partial charge on any atom is -0.376 e. The van der Waals surface area contributed by atoms with E-state index in [0.717, 1.165) is 32.1 Å². The van der Waals surface area contributed by atoms with Gasteiger partial charge in [0.1, 0.15) is 0 Å². The van der Waals surface area contributed by atoms with Crippen LogP contribution in [-0.2, 0) is 9.53 Å². The minimum atomic E-state index is -0.810. The van der Waals surface area contributed by atoms with Crippen LogP contribution in [0.3, 0.4) is 0 Å². The van der Waals surface area contributed by atoms with E-state index >= 15 is 0 Å². The molecule has 0 bridgehead atoms. The molecule has 1 aliphatic carbocycles. The van der Waals surface area contributed by atoms with Crippen molar-refractivity contribution in [1.29, 1.82) is 0 Å². The highest BCUT2D eigenvalue weighted by molar-refractivity contribution is 6.22. The minimum absolute atomic E-state index is 0.0173. The number of ether oxygens (including phenoxy) is 1. The summed E-state index contributed by atoms with van der Waals surface area (Å²) in [5.74, 6) is -1.57. The summed E-state index contributed by atoms with van der Waals surface area (Å²) in [7, 11) is 0. The van der Waals surface area contributed by atoms with Crippen molar-refractivity contribution in [2.45, 2.75) is 50.1 Å². The summed E-state index contributed by atoms with van der Waals surface area (Å²) in [6.07, 6.45) is 4.78. The van der Waals surface area contributed by atoms with Crippen LogP contribution in [0.5, 0.6) is 0 Å². The molecule has 2 heterocycles. The summed E-state index contributed by atoms with van der Waals surface area (Å²) in [4.78, 5) is 50.9. The summed E-state index contributed by atoms with van der Waals surface area (Å²) in [6.45, 7) is 0.416. The lowest BCUT2D eigenvalue weighted by Crippen LogP contribution is -2.63. The highest BCUT2D eigenvalue weighted by Gasteiger charge is 2.43. The van der Waals surface area contributed by atoms with E-state index in [1.54, 1.807) is 0 Å². The van der Waals surface area contributed by atoms with E-state index in [1.807, 2.05) is 0 Å². The summed E-state index contributed by atoms with van der Waals surface area (Å²) >= 11 is 0. The number of nitrogens with two attached hydrogens (primary N) is 1. The first-order valence-electron chi connectivity index (χ1n) is 9.61. The van der Waals surface area contributed by atoms with Crippen LogP contribution >= 0.6 is 0 Å². The van der Waals surface area contributed by atoms with E-state index < -0.39 is 17.4 Å². The zero-order chi connectivity index (χ0) is 19.9. The maximum Gasteiger partial charge on any atom is 0.261 e. The van der Waals surface area contributed by atoms with Crippen molar-refractivity contribution in [3.05, 3.63) is 34.9 Å². The predicted octanol–water partition coefficient (Wildman–Crippen LogP) is 0.989. The molecule has 28 heavy (non-hydrogen) atoms. The van der Waals surface area contributed by atoms with Crippen molar-refractivity contribution < 1.29 is 23.9 Å². The second-order valence-corrected chi connectivity index (χ2v) is 7.90. The largest absolute Gasteiger partial charge is 0.376 e. The first kappa shape index (κ1) is 18.6. The molecule has 3 N–H and O–H groups in total. The van der Waals surface area contributed by atoms with E-state index in [2.05, 4.69) is 5.32 Å². The number of nitrogens with zero attached hydrogens (tertiary/aromatic N) is 1. The second kappa shape index (κ2) is 7.01. The molecular weight excluding hydrogens is 362 g/mol. The van der Waals surface area contributed by atoms with Gasteiger partial charge in [0, 0.05) is 11.6 Å². The average molecular weight is 385 g/mol. The number of hydrogen-bond donors (Lipinski definition) is 2. The van der Waals surface area contributed by atoms with Gasteiger partial charge < -0.3 is 15.8 Å². The molecule has 1 saturated heterocycles. The molecule has 8 heteroatoms. The van der Waals surface area contributed by atoms with E-state index in [0.29, 0.717) is 5.56 Å². The Morgan fingerprint density at radius 3 is 2.39 bits per heavy atom. The first-order valence-corrected chi connectivity index (χ1v) is 9.61. The molecule has 4 rings (SSSR count). The van der Waals surface area contributed by atoms with Gasteiger partial charge in [-0.05, 0) is 31.0 Å². The molecule has 3 aliphatic rings. The van der Waals surface area contributed by atoms with E-state index in [-0.39, 0.29) is 48.6 Å². The van der Waals surface area contributed by atoms with Crippen molar-refractivity contribution >= 4 is 23.6 Å². The lowest BCUT2D eigenvalue weighted by molar-refractivity contribution is -0.127. The van der Waals surface area contributed by atoms with E-state index in [1.165, 1.54) is 23.1 Å². The second-order valence-electron chi connectivity index (χ2n) is 7.90. The van der Waals surface area contributed by atoms with Crippen LogP contribution < -0.4 is 11.1 Å². The number of amides is 4. The van der Waals surface area contributed by atoms with Crippen LogP contribution in [0.25, 0.3) is 0 Å². The molecule has 0 aromatic heterocycles. The summed E-state index contributed by atoms with van der Waals surface area (Å²) in [5.41, 5.74) is 5.32. The number of carbonyl (C=O) groups excluding carboxylic acids is 4. The van der Waals surface area contributed by atoms with Crippen molar-refractivity contribution in [3.63, 3.8) is 0 Å². The van der Waals surface area contributed by atoms with Gasteiger partial charge in [-0.25, -0.2) is 0 Å². The molecule has 0 unspecified atom stereocenters. The molecular formula is C20H23N3O5. The molecule has 2 aliphatic heterocycles. The average Bonchev–Trinajstić information content (AvgIpc) is 2.90. The summed E-state index contributed by atoms with van der Waals surface area (Å²) in [5, 5.41) is 2.79. The maximum atomic E-state index is 12.9. The molecule has 1 saturated carbocycles. The Hall–Kier alpha value is -2.74. The van der Waals surface area contributed by atoms with Gasteiger partial charge in [-0.2, -0.15) is 0 Å². The van der Waals surface area contributed by atoms with Crippen LogP contribution in [0.4, 0.5) is 0 Å². The molecule has 148 valence electrons. The SMILES string of the molecule is NC(=O)CC1(NC(=O)c2ccc3c(c2)C(=O)N(C2CCCCC2)C3=O)COC1. The number of imide groups is 1. The normalized spacial score (nSPS) is 21.2. The Labute approximate surface area is 162 Å². The third kappa shape index (κ3) is 3.17. The number of primary amides is 1. The molecule has 8 nitrogen and oxygen atoms in total. The molecule has 4 amide bonds. The molecule has 2 fully saturated rings. The van der Waals surface area contributed by atoms with Gasteiger partial charge in [-0.15, -0.1) is 0 Å². The van der Waals surface area contributed by atoms with Gasteiger partial charge in [0.2, 0.25) is 5.91 Å². The number of rotatable bonds is 5. The maximum absolute atomic E-state index is 12.9. The van der Waals surface area contributed by atoms with E-state index in [4.69, 9.17) is 10.5 Å². The Bertz CT molecular complexity index is 855. The Morgan fingerprint density at radius 1 is 1.11 bits per heavy atom. The van der Waals surface area contributed by atoms with Crippen molar-refractivity contribution in [2.24, 2.45) is 5.73 Å². The Morgan fingerprint density at radius 2 is 1.79 bits per heavy atom.